The summed E-state index contributed by atoms with van der Waals surface area (Å²) >= 11 is 1.89. The van der Waals surface area contributed by atoms with E-state index in [2.05, 4.69) is 193 Å². The van der Waals surface area contributed by atoms with Crippen molar-refractivity contribution in [3.8, 4) is 22.3 Å². The Kier molecular flexibility index (Phi) is 5.92. The summed E-state index contributed by atoms with van der Waals surface area (Å²) in [5.74, 6) is 0. The van der Waals surface area contributed by atoms with Gasteiger partial charge in [-0.15, -0.1) is 11.3 Å². The highest BCUT2D eigenvalue weighted by molar-refractivity contribution is 7.26. The molecule has 0 fully saturated rings. The van der Waals surface area contributed by atoms with E-state index < -0.39 is 5.41 Å². The van der Waals surface area contributed by atoms with Gasteiger partial charge in [0.2, 0.25) is 0 Å². The molecule has 1 spiro atoms. The molecular formula is C51H31NS. The molecular weight excluding hydrogens is 659 g/mol. The van der Waals surface area contributed by atoms with Gasteiger partial charge in [-0.1, -0.05) is 158 Å². The normalized spacial score (nSPS) is 13.4. The summed E-state index contributed by atoms with van der Waals surface area (Å²) in [6, 6.07) is 70.2. The molecule has 0 amide bonds. The number of anilines is 3. The zero-order chi connectivity index (χ0) is 34.7. The fourth-order valence-corrected chi connectivity index (χ4v) is 11.0. The number of hydrogen-bond acceptors (Lipinski definition) is 2. The van der Waals surface area contributed by atoms with Gasteiger partial charge in [-0.2, -0.15) is 0 Å². The predicted octanol–water partition coefficient (Wildman–Crippen LogP) is 14.2. The third kappa shape index (κ3) is 3.76. The zero-order valence-corrected chi connectivity index (χ0v) is 29.6. The molecule has 0 saturated heterocycles. The second kappa shape index (κ2) is 10.8. The van der Waals surface area contributed by atoms with Crippen LogP contribution in [-0.4, -0.2) is 0 Å². The van der Waals surface area contributed by atoms with E-state index in [1.54, 1.807) is 0 Å². The van der Waals surface area contributed by atoms with E-state index in [0.717, 1.165) is 5.69 Å². The molecule has 0 bridgehead atoms. The quantitative estimate of drug-likeness (QED) is 0.178. The van der Waals surface area contributed by atoms with Gasteiger partial charge >= 0.3 is 0 Å². The van der Waals surface area contributed by atoms with E-state index in [0.29, 0.717) is 0 Å². The van der Waals surface area contributed by atoms with Crippen LogP contribution in [0.2, 0.25) is 0 Å². The first-order chi connectivity index (χ1) is 26.3. The second-order valence-corrected chi connectivity index (χ2v) is 15.4. The maximum Gasteiger partial charge on any atom is 0.0732 e. The highest BCUT2D eigenvalue weighted by Gasteiger charge is 2.53. The molecule has 0 radical (unpaired) electrons. The summed E-state index contributed by atoms with van der Waals surface area (Å²) < 4.78 is 2.60. The van der Waals surface area contributed by atoms with Gasteiger partial charge < -0.3 is 4.90 Å². The number of rotatable bonds is 3. The first kappa shape index (κ1) is 29.1. The number of fused-ring (bicyclic) bond motifs is 17. The summed E-state index contributed by atoms with van der Waals surface area (Å²) in [5, 5.41) is 7.70. The molecule has 1 nitrogen and oxygen atoms in total. The van der Waals surface area contributed by atoms with Crippen LogP contribution in [0, 0.1) is 0 Å². The summed E-state index contributed by atoms with van der Waals surface area (Å²) in [7, 11) is 0. The molecule has 1 aromatic heterocycles. The molecule has 0 unspecified atom stereocenters. The molecule has 0 N–H and O–H groups in total. The lowest BCUT2D eigenvalue weighted by molar-refractivity contribution is 0.802. The van der Waals surface area contributed by atoms with Crippen molar-refractivity contribution in [2.75, 3.05) is 4.90 Å². The molecule has 0 saturated carbocycles. The SMILES string of the molecule is c1ccc(N(c2cc3c(c4ccccc24)-c2ccc4ccccc4c2C32c3ccccc3-c3ccccc32)c2cccc3c2sc2ccccc23)cc1. The predicted molar refractivity (Wildman–Crippen MR) is 225 cm³/mol. The largest absolute Gasteiger partial charge is 0.308 e. The first-order valence-corrected chi connectivity index (χ1v) is 19.2. The van der Waals surface area contributed by atoms with E-state index in [4.69, 9.17) is 0 Å². The molecule has 1 heterocycles. The van der Waals surface area contributed by atoms with Crippen molar-refractivity contribution in [2.24, 2.45) is 0 Å². The van der Waals surface area contributed by atoms with Crippen molar-refractivity contribution in [3.05, 3.63) is 210 Å². The van der Waals surface area contributed by atoms with Crippen molar-refractivity contribution >= 4 is 70.1 Å². The van der Waals surface area contributed by atoms with E-state index >= 15 is 0 Å². The highest BCUT2D eigenvalue weighted by Crippen LogP contribution is 2.66. The average Bonchev–Trinajstić information content (AvgIpc) is 3.86. The Hall–Kier alpha value is -6.48. The Balaban J connectivity index is 1.27. The van der Waals surface area contributed by atoms with E-state index in [1.165, 1.54) is 97.6 Å². The van der Waals surface area contributed by atoms with Crippen molar-refractivity contribution in [1.29, 1.82) is 0 Å². The molecule has 2 heteroatoms. The van der Waals surface area contributed by atoms with Crippen molar-refractivity contribution < 1.29 is 0 Å². The van der Waals surface area contributed by atoms with Crippen LogP contribution in [-0.2, 0) is 5.41 Å². The van der Waals surface area contributed by atoms with Gasteiger partial charge in [0.1, 0.15) is 0 Å². The lowest BCUT2D eigenvalue weighted by Crippen LogP contribution is -2.26. The Labute approximate surface area is 311 Å². The van der Waals surface area contributed by atoms with E-state index in [-0.39, 0.29) is 0 Å². The Morgan fingerprint density at radius 3 is 1.81 bits per heavy atom. The van der Waals surface area contributed by atoms with Gasteiger partial charge in [-0.3, -0.25) is 0 Å². The highest BCUT2D eigenvalue weighted by atomic mass is 32.1. The van der Waals surface area contributed by atoms with Crippen LogP contribution >= 0.6 is 11.3 Å². The first-order valence-electron chi connectivity index (χ1n) is 18.4. The number of nitrogens with zero attached hydrogens (tertiary/aromatic N) is 1. The topological polar surface area (TPSA) is 3.24 Å². The molecule has 12 rings (SSSR count). The maximum atomic E-state index is 2.56. The second-order valence-electron chi connectivity index (χ2n) is 14.3. The smallest absolute Gasteiger partial charge is 0.0732 e. The molecule has 9 aromatic carbocycles. The lowest BCUT2D eigenvalue weighted by Gasteiger charge is -2.33. The number of thiophene rings is 1. The third-order valence-corrected chi connectivity index (χ3v) is 13.0. The molecule has 0 atom stereocenters. The Bertz CT molecular complexity index is 3090. The van der Waals surface area contributed by atoms with Crippen molar-refractivity contribution in [3.63, 3.8) is 0 Å². The van der Waals surface area contributed by atoms with E-state index in [1.807, 2.05) is 11.3 Å². The Morgan fingerprint density at radius 2 is 1.02 bits per heavy atom. The molecule has 53 heavy (non-hydrogen) atoms. The minimum absolute atomic E-state index is 0.497. The number of para-hydroxylation sites is 1. The Morgan fingerprint density at radius 1 is 0.396 bits per heavy atom. The van der Waals surface area contributed by atoms with Gasteiger partial charge in [0.05, 0.1) is 21.5 Å². The van der Waals surface area contributed by atoms with Gasteiger partial charge in [-0.05, 0) is 91.0 Å². The van der Waals surface area contributed by atoms with Crippen LogP contribution in [0.4, 0.5) is 17.1 Å². The van der Waals surface area contributed by atoms with Gasteiger partial charge in [0, 0.05) is 26.5 Å². The minimum Gasteiger partial charge on any atom is -0.308 e. The van der Waals surface area contributed by atoms with Crippen LogP contribution in [0.25, 0.3) is 64.0 Å². The van der Waals surface area contributed by atoms with Crippen LogP contribution < -0.4 is 4.90 Å². The van der Waals surface area contributed by atoms with Crippen LogP contribution in [0.1, 0.15) is 22.3 Å². The van der Waals surface area contributed by atoms with Gasteiger partial charge in [0.25, 0.3) is 0 Å². The maximum absolute atomic E-state index is 2.56. The third-order valence-electron chi connectivity index (χ3n) is 11.8. The zero-order valence-electron chi connectivity index (χ0n) is 28.8. The summed E-state index contributed by atoms with van der Waals surface area (Å²) in [5.41, 5.74) is 13.8. The lowest BCUT2D eigenvalue weighted by atomic mass is 9.69. The van der Waals surface area contributed by atoms with Gasteiger partial charge in [0.15, 0.2) is 0 Å². The van der Waals surface area contributed by atoms with Gasteiger partial charge in [-0.25, -0.2) is 0 Å². The van der Waals surface area contributed by atoms with Crippen molar-refractivity contribution in [2.45, 2.75) is 5.41 Å². The fourth-order valence-electron chi connectivity index (χ4n) is 9.83. The average molecular weight is 690 g/mol. The van der Waals surface area contributed by atoms with Crippen LogP contribution in [0.5, 0.6) is 0 Å². The fraction of sp³-hybridized carbons (Fsp3) is 0.0196. The molecule has 2 aliphatic carbocycles. The molecule has 0 aliphatic heterocycles. The monoisotopic (exact) mass is 689 g/mol. The minimum atomic E-state index is -0.497. The number of hydrogen-bond donors (Lipinski definition) is 0. The summed E-state index contributed by atoms with van der Waals surface area (Å²) in [6.07, 6.45) is 0. The van der Waals surface area contributed by atoms with Crippen LogP contribution in [0.15, 0.2) is 188 Å². The molecule has 246 valence electrons. The molecule has 2 aliphatic rings. The molecule has 10 aromatic rings. The standard InChI is InChI=1S/C51H31NS/c1-2-16-33(17-3-1)52(45-27-14-24-40-38-22-10-13-28-47(38)53-50(40)45)46-31-44-48(39-23-7-6-21-37(39)46)41-30-29-32-15-4-5-18-34(32)49(41)51(44)42-25-11-8-19-35(42)36-20-9-12-26-43(36)51/h1-31H. The van der Waals surface area contributed by atoms with Crippen molar-refractivity contribution in [1.82, 2.24) is 0 Å². The van der Waals surface area contributed by atoms with Crippen LogP contribution in [0.3, 0.4) is 0 Å². The summed E-state index contributed by atoms with van der Waals surface area (Å²) in [4.78, 5) is 2.53. The van der Waals surface area contributed by atoms with E-state index in [9.17, 15) is 0 Å². The number of benzene rings is 9. The summed E-state index contributed by atoms with van der Waals surface area (Å²) in [6.45, 7) is 0.